The van der Waals surface area contributed by atoms with E-state index < -0.39 is 0 Å². The van der Waals surface area contributed by atoms with E-state index in [4.69, 9.17) is 16.3 Å². The third kappa shape index (κ3) is 4.25. The van der Waals surface area contributed by atoms with Gasteiger partial charge < -0.3 is 10.1 Å². The van der Waals surface area contributed by atoms with Gasteiger partial charge in [-0.1, -0.05) is 45.7 Å². The molecule has 1 amide bonds. The molecular formula is C15H13BrClNO2. The maximum absolute atomic E-state index is 11.9. The van der Waals surface area contributed by atoms with E-state index in [1.54, 1.807) is 24.3 Å². The van der Waals surface area contributed by atoms with E-state index in [1.165, 1.54) is 0 Å². The highest BCUT2D eigenvalue weighted by molar-refractivity contribution is 9.10. The molecule has 0 saturated carbocycles. The van der Waals surface area contributed by atoms with Gasteiger partial charge in [-0.15, -0.1) is 0 Å². The van der Waals surface area contributed by atoms with Crippen molar-refractivity contribution in [1.82, 2.24) is 5.32 Å². The summed E-state index contributed by atoms with van der Waals surface area (Å²) in [7, 11) is 0. The van der Waals surface area contributed by atoms with Crippen molar-refractivity contribution in [2.75, 3.05) is 13.2 Å². The highest BCUT2D eigenvalue weighted by atomic mass is 79.9. The zero-order valence-electron chi connectivity index (χ0n) is 10.6. The van der Waals surface area contributed by atoms with Crippen molar-refractivity contribution in [2.45, 2.75) is 0 Å². The molecule has 0 bridgehead atoms. The topological polar surface area (TPSA) is 38.3 Å². The molecule has 0 fully saturated rings. The first-order valence-electron chi connectivity index (χ1n) is 6.08. The van der Waals surface area contributed by atoms with Gasteiger partial charge in [-0.25, -0.2) is 0 Å². The first kappa shape index (κ1) is 14.9. The van der Waals surface area contributed by atoms with Gasteiger partial charge in [0.25, 0.3) is 5.91 Å². The first-order valence-corrected chi connectivity index (χ1v) is 7.25. The summed E-state index contributed by atoms with van der Waals surface area (Å²) in [5.41, 5.74) is 0.608. The fourth-order valence-corrected chi connectivity index (χ4v) is 2.21. The monoisotopic (exact) mass is 353 g/mol. The number of halogens is 2. The van der Waals surface area contributed by atoms with Crippen LogP contribution >= 0.6 is 27.5 Å². The predicted octanol–water partition coefficient (Wildman–Crippen LogP) is 3.91. The second-order valence-electron chi connectivity index (χ2n) is 4.05. The summed E-state index contributed by atoms with van der Waals surface area (Å²) in [6.07, 6.45) is 0. The van der Waals surface area contributed by atoms with Crippen LogP contribution in [0.1, 0.15) is 10.4 Å². The highest BCUT2D eigenvalue weighted by Crippen LogP contribution is 2.22. The Balaban J connectivity index is 1.79. The fourth-order valence-electron chi connectivity index (χ4n) is 1.62. The Kier molecular flexibility index (Phi) is 5.44. The van der Waals surface area contributed by atoms with Gasteiger partial charge in [0.15, 0.2) is 0 Å². The minimum Gasteiger partial charge on any atom is -0.490 e. The lowest BCUT2D eigenvalue weighted by atomic mass is 10.2. The Morgan fingerprint density at radius 2 is 2.00 bits per heavy atom. The Labute approximate surface area is 131 Å². The van der Waals surface area contributed by atoms with E-state index in [0.717, 1.165) is 4.47 Å². The average molecular weight is 355 g/mol. The van der Waals surface area contributed by atoms with Crippen molar-refractivity contribution < 1.29 is 9.53 Å². The summed E-state index contributed by atoms with van der Waals surface area (Å²) in [5.74, 6) is 0.486. The maximum atomic E-state index is 11.9. The molecular weight excluding hydrogens is 342 g/mol. The Bertz CT molecular complexity index is 604. The Hall–Kier alpha value is -1.52. The molecule has 1 N–H and O–H groups in total. The number of amides is 1. The van der Waals surface area contributed by atoms with Crippen LogP contribution in [0.5, 0.6) is 5.75 Å². The zero-order valence-corrected chi connectivity index (χ0v) is 12.9. The third-order valence-corrected chi connectivity index (χ3v) is 3.37. The smallest absolute Gasteiger partial charge is 0.251 e. The van der Waals surface area contributed by atoms with Gasteiger partial charge in [0.05, 0.1) is 11.6 Å². The van der Waals surface area contributed by atoms with Crippen LogP contribution in [0.3, 0.4) is 0 Å². The maximum Gasteiger partial charge on any atom is 0.251 e. The van der Waals surface area contributed by atoms with Crippen LogP contribution in [0.2, 0.25) is 5.02 Å². The Morgan fingerprint density at radius 1 is 1.20 bits per heavy atom. The van der Waals surface area contributed by atoms with E-state index in [0.29, 0.717) is 29.5 Å². The van der Waals surface area contributed by atoms with E-state index in [9.17, 15) is 4.79 Å². The van der Waals surface area contributed by atoms with Crippen LogP contribution in [-0.4, -0.2) is 19.1 Å². The molecule has 0 aliphatic heterocycles. The predicted molar refractivity (Wildman–Crippen MR) is 83.4 cm³/mol. The number of rotatable bonds is 5. The number of benzene rings is 2. The van der Waals surface area contributed by atoms with Crippen molar-refractivity contribution in [2.24, 2.45) is 0 Å². The molecule has 0 aliphatic carbocycles. The molecule has 0 unspecified atom stereocenters. The molecule has 2 rings (SSSR count). The minimum atomic E-state index is -0.131. The second-order valence-corrected chi connectivity index (χ2v) is 5.37. The SMILES string of the molecule is O=C(NCCOc1ccccc1Cl)c1cccc(Br)c1. The normalized spacial score (nSPS) is 10.1. The molecule has 0 saturated heterocycles. The summed E-state index contributed by atoms with van der Waals surface area (Å²) < 4.78 is 6.36. The van der Waals surface area contributed by atoms with E-state index >= 15 is 0 Å². The third-order valence-electron chi connectivity index (χ3n) is 2.57. The summed E-state index contributed by atoms with van der Waals surface area (Å²) >= 11 is 9.29. The van der Waals surface area contributed by atoms with Crippen LogP contribution in [0.25, 0.3) is 0 Å². The van der Waals surface area contributed by atoms with Crippen molar-refractivity contribution in [3.63, 3.8) is 0 Å². The molecule has 0 aromatic heterocycles. The number of hydrogen-bond donors (Lipinski definition) is 1. The largest absolute Gasteiger partial charge is 0.490 e. The standard InChI is InChI=1S/C15H13BrClNO2/c16-12-5-3-4-11(10-12)15(19)18-8-9-20-14-7-2-1-6-13(14)17/h1-7,10H,8-9H2,(H,18,19). The Morgan fingerprint density at radius 3 is 2.75 bits per heavy atom. The number of carbonyl (C=O) groups is 1. The quantitative estimate of drug-likeness (QED) is 0.827. The van der Waals surface area contributed by atoms with Crippen LogP contribution in [-0.2, 0) is 0 Å². The van der Waals surface area contributed by atoms with Gasteiger partial charge in [0.1, 0.15) is 12.4 Å². The van der Waals surface area contributed by atoms with Crippen molar-refractivity contribution >= 4 is 33.4 Å². The molecule has 104 valence electrons. The summed E-state index contributed by atoms with van der Waals surface area (Å²) in [4.78, 5) is 11.9. The average Bonchev–Trinajstić information content (AvgIpc) is 2.45. The minimum absolute atomic E-state index is 0.131. The number of para-hydroxylation sites is 1. The van der Waals surface area contributed by atoms with E-state index in [-0.39, 0.29) is 5.91 Å². The zero-order chi connectivity index (χ0) is 14.4. The summed E-state index contributed by atoms with van der Waals surface area (Å²) in [6, 6.07) is 14.5. The van der Waals surface area contributed by atoms with Crippen LogP contribution < -0.4 is 10.1 Å². The van der Waals surface area contributed by atoms with Gasteiger partial charge in [0.2, 0.25) is 0 Å². The van der Waals surface area contributed by atoms with Gasteiger partial charge in [-0.05, 0) is 30.3 Å². The molecule has 20 heavy (non-hydrogen) atoms. The first-order chi connectivity index (χ1) is 9.66. The van der Waals surface area contributed by atoms with Crippen molar-refractivity contribution in [3.8, 4) is 5.75 Å². The number of ether oxygens (including phenoxy) is 1. The van der Waals surface area contributed by atoms with Crippen LogP contribution in [0, 0.1) is 0 Å². The van der Waals surface area contributed by atoms with Gasteiger partial charge in [-0.3, -0.25) is 4.79 Å². The summed E-state index contributed by atoms with van der Waals surface area (Å²) in [6.45, 7) is 0.778. The molecule has 0 radical (unpaired) electrons. The highest BCUT2D eigenvalue weighted by Gasteiger charge is 2.05. The molecule has 5 heteroatoms. The molecule has 0 aliphatic rings. The fraction of sp³-hybridized carbons (Fsp3) is 0.133. The van der Waals surface area contributed by atoms with E-state index in [1.807, 2.05) is 24.3 Å². The number of hydrogen-bond acceptors (Lipinski definition) is 2. The van der Waals surface area contributed by atoms with Crippen molar-refractivity contribution in [1.29, 1.82) is 0 Å². The lowest BCUT2D eigenvalue weighted by molar-refractivity contribution is 0.0947. The summed E-state index contributed by atoms with van der Waals surface area (Å²) in [5, 5.41) is 3.35. The van der Waals surface area contributed by atoms with Gasteiger partial charge in [-0.2, -0.15) is 0 Å². The van der Waals surface area contributed by atoms with E-state index in [2.05, 4.69) is 21.2 Å². The molecule has 3 nitrogen and oxygen atoms in total. The van der Waals surface area contributed by atoms with Crippen LogP contribution in [0.15, 0.2) is 53.0 Å². The molecule has 2 aromatic carbocycles. The van der Waals surface area contributed by atoms with Gasteiger partial charge in [0, 0.05) is 10.0 Å². The molecule has 2 aromatic rings. The molecule has 0 spiro atoms. The lowest BCUT2D eigenvalue weighted by Gasteiger charge is -2.09. The second kappa shape index (κ2) is 7.31. The molecule has 0 atom stereocenters. The number of carbonyl (C=O) groups excluding carboxylic acids is 1. The van der Waals surface area contributed by atoms with Crippen molar-refractivity contribution in [3.05, 3.63) is 63.6 Å². The number of nitrogens with one attached hydrogen (secondary N) is 1. The van der Waals surface area contributed by atoms with Gasteiger partial charge >= 0.3 is 0 Å². The molecule has 0 heterocycles. The lowest BCUT2D eigenvalue weighted by Crippen LogP contribution is -2.28. The van der Waals surface area contributed by atoms with Crippen LogP contribution in [0.4, 0.5) is 0 Å².